The molecule has 0 bridgehead atoms. The van der Waals surface area contributed by atoms with Crippen molar-refractivity contribution in [2.75, 3.05) is 0 Å². The van der Waals surface area contributed by atoms with Gasteiger partial charge in [-0.2, -0.15) is 8.78 Å². The van der Waals surface area contributed by atoms with E-state index in [1.54, 1.807) is 18.2 Å². The third kappa shape index (κ3) is 3.80. The smallest absolute Gasteiger partial charge is 0.294 e. The Morgan fingerprint density at radius 1 is 1.31 bits per heavy atom. The zero-order valence-electron chi connectivity index (χ0n) is 6.64. The number of halogens is 3. The Kier molecular flexibility index (Phi) is 3.35. The largest absolute Gasteiger partial charge is 0.303 e. The van der Waals surface area contributed by atoms with E-state index in [1.807, 2.05) is 0 Å². The summed E-state index contributed by atoms with van der Waals surface area (Å²) in [6, 6.07) is 8.10. The molecule has 70 valence electrons. The first-order chi connectivity index (χ1) is 5.99. The Bertz CT molecular complexity index is 292. The van der Waals surface area contributed by atoms with Gasteiger partial charge in [0.2, 0.25) is 0 Å². The first-order valence-corrected chi connectivity index (χ1v) is 4.72. The van der Waals surface area contributed by atoms with Crippen molar-refractivity contribution < 1.29 is 13.6 Å². The molecule has 0 radical (unpaired) electrons. The number of Topliss-reactive ketones (excluding diaryl/α,β-unsaturated/α-hetero) is 1. The van der Waals surface area contributed by atoms with Crippen molar-refractivity contribution in [2.24, 2.45) is 0 Å². The maximum atomic E-state index is 12.4. The normalized spacial score (nSPS) is 11.3. The molecule has 0 saturated carbocycles. The van der Waals surface area contributed by atoms with Crippen LogP contribution in [0.1, 0.15) is 16.8 Å². The van der Waals surface area contributed by atoms with Gasteiger partial charge in [-0.1, -0.05) is 30.3 Å². The summed E-state index contributed by atoms with van der Waals surface area (Å²) in [4.78, 5) is 11.2. The van der Waals surface area contributed by atoms with E-state index in [9.17, 15) is 13.6 Å². The number of hydrogen-bond acceptors (Lipinski definition) is 1. The quantitative estimate of drug-likeness (QED) is 0.475. The van der Waals surface area contributed by atoms with E-state index in [-0.39, 0.29) is 0 Å². The molecule has 1 aromatic carbocycles. The molecule has 1 nitrogen and oxygen atoms in total. The van der Waals surface area contributed by atoms with E-state index in [4.69, 9.17) is 0 Å². The van der Waals surface area contributed by atoms with Gasteiger partial charge in [-0.3, -0.25) is 4.79 Å². The zero-order valence-corrected chi connectivity index (χ0v) is 8.79. The Morgan fingerprint density at radius 3 is 2.31 bits per heavy atom. The number of benzene rings is 1. The van der Waals surface area contributed by atoms with Gasteiger partial charge in [0.1, 0.15) is 0 Å². The van der Waals surface area contributed by atoms with E-state index >= 15 is 0 Å². The Hall–Kier alpha value is -0.520. The van der Waals surface area contributed by atoms with Crippen molar-refractivity contribution in [1.29, 1.82) is 0 Å². The predicted octanol–water partition coefficient (Wildman–Crippen LogP) is 3.29. The average molecular weight is 296 g/mol. The van der Waals surface area contributed by atoms with Crippen LogP contribution in [0.5, 0.6) is 0 Å². The van der Waals surface area contributed by atoms with Crippen LogP contribution in [0, 0.1) is 0 Å². The van der Waals surface area contributed by atoms with Gasteiger partial charge in [0, 0.05) is 5.56 Å². The minimum Gasteiger partial charge on any atom is -0.294 e. The van der Waals surface area contributed by atoms with Gasteiger partial charge in [-0.05, 0) is 22.6 Å². The van der Waals surface area contributed by atoms with Crippen LogP contribution >= 0.6 is 22.6 Å². The Balaban J connectivity index is 2.71. The highest BCUT2D eigenvalue weighted by atomic mass is 127. The number of hydrogen-bond donors (Lipinski definition) is 0. The summed E-state index contributed by atoms with van der Waals surface area (Å²) in [5.41, 5.74) is 0.332. The minimum atomic E-state index is -2.95. The Labute approximate surface area is 88.3 Å². The molecule has 13 heavy (non-hydrogen) atoms. The molecule has 0 atom stereocenters. The molecular formula is C9H7F2IO. The molecule has 0 aliphatic rings. The van der Waals surface area contributed by atoms with E-state index < -0.39 is 16.1 Å². The van der Waals surface area contributed by atoms with Gasteiger partial charge in [-0.15, -0.1) is 0 Å². The summed E-state index contributed by atoms with van der Waals surface area (Å²) in [5, 5.41) is 0. The van der Waals surface area contributed by atoms with Crippen molar-refractivity contribution in [3.8, 4) is 0 Å². The molecule has 4 heteroatoms. The molecule has 0 amide bonds. The van der Waals surface area contributed by atoms with Crippen LogP contribution in [0.25, 0.3) is 0 Å². The molecule has 0 fully saturated rings. The fourth-order valence-electron chi connectivity index (χ4n) is 0.908. The van der Waals surface area contributed by atoms with Crippen molar-refractivity contribution in [3.05, 3.63) is 35.9 Å². The minimum absolute atomic E-state index is 0.332. The molecule has 0 aliphatic heterocycles. The average Bonchev–Trinajstić information content (AvgIpc) is 2.03. The van der Waals surface area contributed by atoms with Crippen LogP contribution in [0.2, 0.25) is 0 Å². The van der Waals surface area contributed by atoms with Crippen LogP contribution < -0.4 is 0 Å². The number of rotatable bonds is 3. The summed E-state index contributed by atoms with van der Waals surface area (Å²) in [6.45, 7) is 0. The second-order valence-electron chi connectivity index (χ2n) is 2.58. The summed E-state index contributed by atoms with van der Waals surface area (Å²) in [5.74, 6) is -0.528. The van der Waals surface area contributed by atoms with Gasteiger partial charge in [-0.25, -0.2) is 0 Å². The summed E-state index contributed by atoms with van der Waals surface area (Å²) >= 11 is 0.964. The lowest BCUT2D eigenvalue weighted by atomic mass is 10.1. The number of carbonyl (C=O) groups is 1. The predicted molar refractivity (Wildman–Crippen MR) is 54.4 cm³/mol. The zero-order chi connectivity index (χ0) is 9.90. The molecule has 0 heterocycles. The second kappa shape index (κ2) is 4.13. The van der Waals surface area contributed by atoms with Crippen LogP contribution in [0.4, 0.5) is 8.78 Å². The molecule has 0 N–H and O–H groups in total. The van der Waals surface area contributed by atoms with Gasteiger partial charge in [0.05, 0.1) is 6.42 Å². The van der Waals surface area contributed by atoms with Gasteiger partial charge in [0.15, 0.2) is 5.78 Å². The molecule has 0 spiro atoms. The lowest BCUT2D eigenvalue weighted by Crippen LogP contribution is -2.12. The van der Waals surface area contributed by atoms with Crippen molar-refractivity contribution in [2.45, 2.75) is 10.4 Å². The fraction of sp³-hybridized carbons (Fsp3) is 0.222. The van der Waals surface area contributed by atoms with E-state index in [2.05, 4.69) is 0 Å². The Morgan fingerprint density at radius 2 is 1.85 bits per heavy atom. The lowest BCUT2D eigenvalue weighted by molar-refractivity contribution is 0.0778. The molecule has 0 saturated heterocycles. The van der Waals surface area contributed by atoms with Crippen molar-refractivity contribution in [1.82, 2.24) is 0 Å². The van der Waals surface area contributed by atoms with Crippen molar-refractivity contribution >= 4 is 28.4 Å². The molecule has 1 aromatic rings. The SMILES string of the molecule is O=C(CC(F)(F)I)c1ccccc1. The first kappa shape index (κ1) is 10.6. The van der Waals surface area contributed by atoms with Crippen LogP contribution in [-0.4, -0.2) is 9.71 Å². The molecule has 0 unspecified atom stereocenters. The monoisotopic (exact) mass is 296 g/mol. The number of carbonyl (C=O) groups excluding carboxylic acids is 1. The van der Waals surface area contributed by atoms with Crippen LogP contribution in [0.15, 0.2) is 30.3 Å². The highest BCUT2D eigenvalue weighted by Crippen LogP contribution is 2.28. The molecule has 0 aliphatic carbocycles. The van der Waals surface area contributed by atoms with Gasteiger partial charge in [0.25, 0.3) is 0 Å². The van der Waals surface area contributed by atoms with Gasteiger partial charge < -0.3 is 0 Å². The van der Waals surface area contributed by atoms with Crippen molar-refractivity contribution in [3.63, 3.8) is 0 Å². The first-order valence-electron chi connectivity index (χ1n) is 3.64. The van der Waals surface area contributed by atoms with Crippen LogP contribution in [0.3, 0.4) is 0 Å². The molecule has 1 rings (SSSR count). The standard InChI is InChI=1S/C9H7F2IO/c10-9(11,12)6-8(13)7-4-2-1-3-5-7/h1-5H,6H2. The molecule has 0 aromatic heterocycles. The van der Waals surface area contributed by atoms with E-state index in [0.717, 1.165) is 22.6 Å². The third-order valence-electron chi connectivity index (χ3n) is 1.46. The summed E-state index contributed by atoms with van der Waals surface area (Å²) in [7, 11) is 0. The fourth-order valence-corrected chi connectivity index (χ4v) is 1.25. The van der Waals surface area contributed by atoms with Crippen LogP contribution in [-0.2, 0) is 0 Å². The number of ketones is 1. The van der Waals surface area contributed by atoms with Gasteiger partial charge >= 0.3 is 3.93 Å². The highest BCUT2D eigenvalue weighted by Gasteiger charge is 2.28. The van der Waals surface area contributed by atoms with E-state index in [0.29, 0.717) is 5.56 Å². The highest BCUT2D eigenvalue weighted by molar-refractivity contribution is 14.1. The lowest BCUT2D eigenvalue weighted by Gasteiger charge is -2.06. The third-order valence-corrected chi connectivity index (χ3v) is 1.84. The molecular weight excluding hydrogens is 289 g/mol. The van der Waals surface area contributed by atoms with E-state index in [1.165, 1.54) is 12.1 Å². The maximum Gasteiger partial charge on any atom is 0.303 e. The topological polar surface area (TPSA) is 17.1 Å². The second-order valence-corrected chi connectivity index (χ2v) is 4.16. The summed E-state index contributed by atoms with van der Waals surface area (Å²) in [6.07, 6.45) is -0.739. The maximum absolute atomic E-state index is 12.4. The summed E-state index contributed by atoms with van der Waals surface area (Å²) < 4.78 is 21.9. The number of alkyl halides is 3.